The number of carbonyl (C=O) groups is 2. The molecule has 1 fully saturated rings. The zero-order valence-electron chi connectivity index (χ0n) is 12.4. The van der Waals surface area contributed by atoms with Gasteiger partial charge in [0.05, 0.1) is 0 Å². The summed E-state index contributed by atoms with van der Waals surface area (Å²) in [6, 6.07) is 0. The summed E-state index contributed by atoms with van der Waals surface area (Å²) in [6.45, 7) is 3.24. The number of rotatable bonds is 6. The first-order valence-electron chi connectivity index (χ1n) is 7.48. The number of likely N-dealkylation sites (tertiary alicyclic amines) is 1. The summed E-state index contributed by atoms with van der Waals surface area (Å²) >= 11 is 0. The van der Waals surface area contributed by atoms with Gasteiger partial charge >= 0.3 is 0 Å². The van der Waals surface area contributed by atoms with Gasteiger partial charge in [0, 0.05) is 38.3 Å². The van der Waals surface area contributed by atoms with Crippen molar-refractivity contribution < 1.29 is 14.1 Å². The van der Waals surface area contributed by atoms with E-state index in [-0.39, 0.29) is 17.7 Å². The Morgan fingerprint density at radius 3 is 2.67 bits per heavy atom. The molecule has 0 unspecified atom stereocenters. The third kappa shape index (κ3) is 4.27. The Labute approximate surface area is 123 Å². The lowest BCUT2D eigenvalue weighted by molar-refractivity contribution is -0.134. The van der Waals surface area contributed by atoms with Gasteiger partial charge in [0.15, 0.2) is 5.82 Å². The highest BCUT2D eigenvalue weighted by Gasteiger charge is 2.25. The molecule has 0 saturated carbocycles. The van der Waals surface area contributed by atoms with Crippen molar-refractivity contribution in [1.29, 1.82) is 0 Å². The van der Waals surface area contributed by atoms with Crippen LogP contribution in [-0.2, 0) is 22.4 Å². The number of primary amides is 1. The van der Waals surface area contributed by atoms with Crippen molar-refractivity contribution in [3.63, 3.8) is 0 Å². The molecule has 1 aliphatic rings. The average molecular weight is 294 g/mol. The summed E-state index contributed by atoms with van der Waals surface area (Å²) in [7, 11) is 0. The second kappa shape index (κ2) is 7.19. The Morgan fingerprint density at radius 2 is 2.05 bits per heavy atom. The summed E-state index contributed by atoms with van der Waals surface area (Å²) in [5.74, 6) is 0.909. The number of amides is 2. The molecule has 2 rings (SSSR count). The van der Waals surface area contributed by atoms with E-state index in [1.54, 1.807) is 4.90 Å². The molecule has 1 aromatic heterocycles. The van der Waals surface area contributed by atoms with Gasteiger partial charge in [-0.05, 0) is 19.3 Å². The number of hydrogen-bond donors (Lipinski definition) is 1. The largest absolute Gasteiger partial charge is 0.369 e. The van der Waals surface area contributed by atoms with Crippen LogP contribution in [0.5, 0.6) is 0 Å². The smallest absolute Gasteiger partial charge is 0.227 e. The van der Waals surface area contributed by atoms with Crippen LogP contribution < -0.4 is 5.73 Å². The first-order chi connectivity index (χ1) is 10.1. The molecular weight excluding hydrogens is 272 g/mol. The number of nitrogens with zero attached hydrogens (tertiary/aromatic N) is 3. The summed E-state index contributed by atoms with van der Waals surface area (Å²) in [6.07, 6.45) is 3.88. The number of nitrogens with two attached hydrogens (primary N) is 1. The first-order valence-corrected chi connectivity index (χ1v) is 7.48. The standard InChI is InChI=1S/C14H22N4O3/c1-2-3-11-16-12(21-17-11)4-5-13(19)18-8-6-10(7-9-18)14(15)20/h10H,2-9H2,1H3,(H2,15,20). The third-order valence-corrected chi connectivity index (χ3v) is 3.79. The van der Waals surface area contributed by atoms with E-state index in [0.29, 0.717) is 50.5 Å². The zero-order chi connectivity index (χ0) is 15.2. The molecule has 1 saturated heterocycles. The Hall–Kier alpha value is -1.92. The van der Waals surface area contributed by atoms with Crippen LogP contribution in [0.4, 0.5) is 0 Å². The van der Waals surface area contributed by atoms with E-state index in [4.69, 9.17) is 10.3 Å². The Bertz CT molecular complexity index is 492. The minimum atomic E-state index is -0.267. The Balaban J connectivity index is 1.75. The minimum absolute atomic E-state index is 0.0631. The zero-order valence-corrected chi connectivity index (χ0v) is 12.4. The molecule has 2 N–H and O–H groups in total. The Kier molecular flexibility index (Phi) is 5.30. The molecular formula is C14H22N4O3. The summed E-state index contributed by atoms with van der Waals surface area (Å²) in [5.41, 5.74) is 5.28. The second-order valence-electron chi connectivity index (χ2n) is 5.41. The third-order valence-electron chi connectivity index (χ3n) is 3.79. The maximum Gasteiger partial charge on any atom is 0.227 e. The average Bonchev–Trinajstić information content (AvgIpc) is 2.93. The van der Waals surface area contributed by atoms with Crippen molar-refractivity contribution in [2.75, 3.05) is 13.1 Å². The summed E-state index contributed by atoms with van der Waals surface area (Å²) in [4.78, 5) is 29.2. The highest BCUT2D eigenvalue weighted by atomic mass is 16.5. The molecule has 2 amide bonds. The molecule has 0 bridgehead atoms. The van der Waals surface area contributed by atoms with Crippen molar-refractivity contribution in [3.8, 4) is 0 Å². The van der Waals surface area contributed by atoms with Crippen molar-refractivity contribution in [3.05, 3.63) is 11.7 Å². The predicted molar refractivity (Wildman–Crippen MR) is 75.1 cm³/mol. The van der Waals surface area contributed by atoms with E-state index >= 15 is 0 Å². The monoisotopic (exact) mass is 294 g/mol. The first kappa shape index (κ1) is 15.5. The molecule has 0 aromatic carbocycles. The lowest BCUT2D eigenvalue weighted by Gasteiger charge is -2.30. The van der Waals surface area contributed by atoms with Crippen LogP contribution in [0.1, 0.15) is 44.3 Å². The van der Waals surface area contributed by atoms with Crippen molar-refractivity contribution in [1.82, 2.24) is 15.0 Å². The molecule has 1 aromatic rings. The molecule has 0 atom stereocenters. The van der Waals surface area contributed by atoms with Crippen LogP contribution in [-0.4, -0.2) is 39.9 Å². The van der Waals surface area contributed by atoms with Gasteiger partial charge in [0.2, 0.25) is 17.7 Å². The molecule has 7 heteroatoms. The highest BCUT2D eigenvalue weighted by Crippen LogP contribution is 2.17. The fourth-order valence-electron chi connectivity index (χ4n) is 2.50. The quantitative estimate of drug-likeness (QED) is 0.831. The maximum absolute atomic E-state index is 12.1. The van der Waals surface area contributed by atoms with Gasteiger partial charge < -0.3 is 15.2 Å². The van der Waals surface area contributed by atoms with Crippen molar-refractivity contribution >= 4 is 11.8 Å². The predicted octanol–water partition coefficient (Wildman–Crippen LogP) is 0.679. The molecule has 21 heavy (non-hydrogen) atoms. The van der Waals surface area contributed by atoms with Crippen molar-refractivity contribution in [2.24, 2.45) is 11.7 Å². The van der Waals surface area contributed by atoms with Crippen LogP contribution >= 0.6 is 0 Å². The van der Waals surface area contributed by atoms with Crippen LogP contribution in [0.25, 0.3) is 0 Å². The van der Waals surface area contributed by atoms with Gasteiger partial charge in [-0.25, -0.2) is 0 Å². The topological polar surface area (TPSA) is 102 Å². The number of hydrogen-bond acceptors (Lipinski definition) is 5. The van der Waals surface area contributed by atoms with Gasteiger partial charge in [-0.3, -0.25) is 9.59 Å². The maximum atomic E-state index is 12.1. The van der Waals surface area contributed by atoms with Gasteiger partial charge in [0.1, 0.15) is 0 Å². The van der Waals surface area contributed by atoms with Crippen LogP contribution in [0, 0.1) is 5.92 Å². The SMILES string of the molecule is CCCc1noc(CCC(=O)N2CCC(C(N)=O)CC2)n1. The number of carbonyl (C=O) groups excluding carboxylic acids is 2. The van der Waals surface area contributed by atoms with E-state index in [1.807, 2.05) is 0 Å². The second-order valence-corrected chi connectivity index (χ2v) is 5.41. The van der Waals surface area contributed by atoms with Crippen LogP contribution in [0.15, 0.2) is 4.52 Å². The molecule has 0 radical (unpaired) electrons. The van der Waals surface area contributed by atoms with E-state index in [0.717, 1.165) is 12.8 Å². The van der Waals surface area contributed by atoms with E-state index < -0.39 is 0 Å². The van der Waals surface area contributed by atoms with Gasteiger partial charge in [-0.1, -0.05) is 12.1 Å². The minimum Gasteiger partial charge on any atom is -0.369 e. The van der Waals surface area contributed by atoms with E-state index in [9.17, 15) is 9.59 Å². The molecule has 0 spiro atoms. The summed E-state index contributed by atoms with van der Waals surface area (Å²) < 4.78 is 5.11. The molecule has 2 heterocycles. The number of piperidine rings is 1. The Morgan fingerprint density at radius 1 is 1.33 bits per heavy atom. The summed E-state index contributed by atoms with van der Waals surface area (Å²) in [5, 5.41) is 3.86. The van der Waals surface area contributed by atoms with Crippen LogP contribution in [0.2, 0.25) is 0 Å². The fourth-order valence-corrected chi connectivity index (χ4v) is 2.50. The van der Waals surface area contributed by atoms with E-state index in [2.05, 4.69) is 17.1 Å². The van der Waals surface area contributed by atoms with Gasteiger partial charge in [0.25, 0.3) is 0 Å². The lowest BCUT2D eigenvalue weighted by Crippen LogP contribution is -2.41. The molecule has 0 aliphatic carbocycles. The highest BCUT2D eigenvalue weighted by molar-refractivity contribution is 5.78. The van der Waals surface area contributed by atoms with Gasteiger partial charge in [-0.2, -0.15) is 4.98 Å². The molecule has 116 valence electrons. The number of aromatic nitrogens is 2. The van der Waals surface area contributed by atoms with Gasteiger partial charge in [-0.15, -0.1) is 0 Å². The number of aryl methyl sites for hydroxylation is 2. The normalized spacial score (nSPS) is 16.1. The molecule has 1 aliphatic heterocycles. The van der Waals surface area contributed by atoms with Crippen LogP contribution in [0.3, 0.4) is 0 Å². The van der Waals surface area contributed by atoms with Crippen molar-refractivity contribution in [2.45, 2.75) is 45.4 Å². The molecule has 7 nitrogen and oxygen atoms in total. The fraction of sp³-hybridized carbons (Fsp3) is 0.714. The van der Waals surface area contributed by atoms with E-state index in [1.165, 1.54) is 0 Å². The lowest BCUT2D eigenvalue weighted by atomic mass is 9.96.